The van der Waals surface area contributed by atoms with Gasteiger partial charge >= 0.3 is 0 Å². The molecule has 2 heterocycles. The first-order chi connectivity index (χ1) is 8.45. The number of morpholine rings is 1. The molecule has 0 bridgehead atoms. The number of alkyl halides is 1. The van der Waals surface area contributed by atoms with Crippen molar-refractivity contribution in [1.29, 1.82) is 0 Å². The van der Waals surface area contributed by atoms with Gasteiger partial charge in [-0.1, -0.05) is 0 Å². The van der Waals surface area contributed by atoms with Crippen LogP contribution in [0.15, 0.2) is 20.1 Å². The molecule has 1 fully saturated rings. The fraction of sp³-hybridized carbons (Fsp3) is 0.600. The van der Waals surface area contributed by atoms with Crippen LogP contribution in [0.3, 0.4) is 0 Å². The molecule has 0 aliphatic carbocycles. The summed E-state index contributed by atoms with van der Waals surface area (Å²) in [5.74, 6) is 0.294. The molecule has 0 saturated carbocycles. The summed E-state index contributed by atoms with van der Waals surface area (Å²) < 4.78 is 32.9. The van der Waals surface area contributed by atoms with E-state index in [1.54, 1.807) is 11.4 Å². The van der Waals surface area contributed by atoms with Gasteiger partial charge in [0.15, 0.2) is 0 Å². The number of nitrogens with zero attached hydrogens (tertiary/aromatic N) is 1. The van der Waals surface area contributed by atoms with E-state index < -0.39 is 10.0 Å². The van der Waals surface area contributed by atoms with E-state index in [4.69, 9.17) is 16.3 Å². The summed E-state index contributed by atoms with van der Waals surface area (Å²) in [6, 6.07) is 1.74. The largest absolute Gasteiger partial charge is 0.371 e. The van der Waals surface area contributed by atoms with Crippen LogP contribution in [-0.4, -0.2) is 43.9 Å². The molecule has 0 radical (unpaired) electrons. The molecule has 0 spiro atoms. The van der Waals surface area contributed by atoms with Crippen LogP contribution in [0, 0.1) is 0 Å². The molecular weight excluding hydrogens is 362 g/mol. The number of rotatable bonds is 3. The highest BCUT2D eigenvalue weighted by Gasteiger charge is 2.35. The predicted octanol–water partition coefficient (Wildman–Crippen LogP) is 2.53. The van der Waals surface area contributed by atoms with Gasteiger partial charge in [0, 0.05) is 23.4 Å². The molecule has 0 aromatic carbocycles. The van der Waals surface area contributed by atoms with E-state index in [1.165, 1.54) is 15.6 Å². The minimum Gasteiger partial charge on any atom is -0.371 e. The average molecular weight is 375 g/mol. The van der Waals surface area contributed by atoms with E-state index in [0.29, 0.717) is 27.7 Å². The molecule has 1 saturated heterocycles. The van der Waals surface area contributed by atoms with Crippen molar-refractivity contribution in [2.24, 2.45) is 0 Å². The molecule has 102 valence electrons. The standard InChI is InChI=1S/C10H13BrClNO3S2/c1-7-5-13(6-8(4-12)16-7)18(14,15)10-9(11)2-3-17-10/h2-3,7-8H,4-6H2,1H3. The summed E-state index contributed by atoms with van der Waals surface area (Å²) in [5, 5.41) is 1.75. The molecule has 1 aromatic heterocycles. The molecule has 1 aliphatic heterocycles. The Labute approximate surface area is 124 Å². The molecule has 1 aliphatic rings. The Morgan fingerprint density at radius 1 is 1.61 bits per heavy atom. The lowest BCUT2D eigenvalue weighted by atomic mass is 10.3. The first-order valence-corrected chi connectivity index (χ1v) is 9.04. The fourth-order valence-electron chi connectivity index (χ4n) is 1.87. The molecule has 0 amide bonds. The van der Waals surface area contributed by atoms with Crippen LogP contribution in [0.2, 0.25) is 0 Å². The Balaban J connectivity index is 2.28. The molecular formula is C10H13BrClNO3S2. The number of halogens is 2. The van der Waals surface area contributed by atoms with E-state index in [0.717, 1.165) is 0 Å². The summed E-state index contributed by atoms with van der Waals surface area (Å²) in [6.45, 7) is 2.52. The van der Waals surface area contributed by atoms with Gasteiger partial charge in [0.25, 0.3) is 10.0 Å². The van der Waals surface area contributed by atoms with Crippen LogP contribution >= 0.6 is 38.9 Å². The first kappa shape index (κ1) is 14.7. The summed E-state index contributed by atoms with van der Waals surface area (Å²) >= 11 is 10.2. The Morgan fingerprint density at radius 3 is 2.89 bits per heavy atom. The third-order valence-corrected chi connectivity index (χ3v) is 7.45. The third-order valence-electron chi connectivity index (χ3n) is 2.62. The van der Waals surface area contributed by atoms with Gasteiger partial charge in [-0.3, -0.25) is 0 Å². The lowest BCUT2D eigenvalue weighted by molar-refractivity contribution is -0.0422. The van der Waals surface area contributed by atoms with Crippen LogP contribution in [-0.2, 0) is 14.8 Å². The van der Waals surface area contributed by atoms with Gasteiger partial charge in [0.1, 0.15) is 4.21 Å². The number of sulfonamides is 1. The highest BCUT2D eigenvalue weighted by atomic mass is 79.9. The molecule has 1 aromatic rings. The minimum absolute atomic E-state index is 0.143. The lowest BCUT2D eigenvalue weighted by Crippen LogP contribution is -2.49. The van der Waals surface area contributed by atoms with E-state index in [2.05, 4.69) is 15.9 Å². The normalized spacial score (nSPS) is 26.4. The summed E-state index contributed by atoms with van der Waals surface area (Å²) in [5.41, 5.74) is 0. The van der Waals surface area contributed by atoms with Crippen molar-refractivity contribution in [1.82, 2.24) is 4.31 Å². The van der Waals surface area contributed by atoms with Crippen molar-refractivity contribution in [2.75, 3.05) is 19.0 Å². The molecule has 18 heavy (non-hydrogen) atoms. The van der Waals surface area contributed by atoms with Crippen molar-refractivity contribution in [3.8, 4) is 0 Å². The van der Waals surface area contributed by atoms with Crippen LogP contribution < -0.4 is 0 Å². The SMILES string of the molecule is CC1CN(S(=O)(=O)c2sccc2Br)CC(CCl)O1. The maximum Gasteiger partial charge on any atom is 0.253 e. The van der Waals surface area contributed by atoms with Gasteiger partial charge in [-0.2, -0.15) is 4.31 Å². The second-order valence-corrected chi connectivity index (χ2v) is 8.31. The second kappa shape index (κ2) is 5.76. The van der Waals surface area contributed by atoms with E-state index in [9.17, 15) is 8.42 Å². The van der Waals surface area contributed by atoms with Gasteiger partial charge in [-0.05, 0) is 34.3 Å². The number of hydrogen-bond donors (Lipinski definition) is 0. The van der Waals surface area contributed by atoms with Gasteiger partial charge in [0.2, 0.25) is 0 Å². The molecule has 2 unspecified atom stereocenters. The van der Waals surface area contributed by atoms with Crippen molar-refractivity contribution in [3.63, 3.8) is 0 Å². The second-order valence-electron chi connectivity index (χ2n) is 4.10. The van der Waals surface area contributed by atoms with Crippen LogP contribution in [0.1, 0.15) is 6.92 Å². The quantitative estimate of drug-likeness (QED) is 0.764. The van der Waals surface area contributed by atoms with Gasteiger partial charge in [-0.25, -0.2) is 8.42 Å². The van der Waals surface area contributed by atoms with Crippen LogP contribution in [0.25, 0.3) is 0 Å². The fourth-order valence-corrected chi connectivity index (χ4v) is 6.03. The Morgan fingerprint density at radius 2 is 2.33 bits per heavy atom. The summed E-state index contributed by atoms with van der Waals surface area (Å²) in [6.07, 6.45) is -0.389. The van der Waals surface area contributed by atoms with Gasteiger partial charge < -0.3 is 4.74 Å². The number of thiophene rings is 1. The average Bonchev–Trinajstić information content (AvgIpc) is 2.75. The Bertz CT molecular complexity index is 519. The number of ether oxygens (including phenoxy) is 1. The lowest BCUT2D eigenvalue weighted by Gasteiger charge is -2.34. The minimum atomic E-state index is -3.46. The first-order valence-electron chi connectivity index (χ1n) is 5.39. The van der Waals surface area contributed by atoms with Crippen molar-refractivity contribution in [2.45, 2.75) is 23.3 Å². The topological polar surface area (TPSA) is 46.6 Å². The maximum atomic E-state index is 12.5. The van der Waals surface area contributed by atoms with Crippen molar-refractivity contribution >= 4 is 48.9 Å². The van der Waals surface area contributed by atoms with E-state index in [-0.39, 0.29) is 12.2 Å². The third kappa shape index (κ3) is 2.91. The molecule has 8 heteroatoms. The number of hydrogen-bond acceptors (Lipinski definition) is 4. The summed E-state index contributed by atoms with van der Waals surface area (Å²) in [7, 11) is -3.46. The highest BCUT2D eigenvalue weighted by molar-refractivity contribution is 9.10. The van der Waals surface area contributed by atoms with Gasteiger partial charge in [0.05, 0.1) is 12.2 Å². The van der Waals surface area contributed by atoms with Crippen LogP contribution in [0.4, 0.5) is 0 Å². The zero-order valence-corrected chi connectivity index (χ0v) is 13.7. The molecule has 2 rings (SSSR count). The maximum absolute atomic E-state index is 12.5. The predicted molar refractivity (Wildman–Crippen MR) is 75.8 cm³/mol. The Hall–Kier alpha value is 0.340. The van der Waals surface area contributed by atoms with Crippen molar-refractivity contribution in [3.05, 3.63) is 15.9 Å². The smallest absolute Gasteiger partial charge is 0.253 e. The monoisotopic (exact) mass is 373 g/mol. The summed E-state index contributed by atoms with van der Waals surface area (Å²) in [4.78, 5) is 0. The van der Waals surface area contributed by atoms with E-state index >= 15 is 0 Å². The molecule has 2 atom stereocenters. The molecule has 4 nitrogen and oxygen atoms in total. The zero-order chi connectivity index (χ0) is 13.3. The Kier molecular flexibility index (Phi) is 4.72. The molecule has 0 N–H and O–H groups in total. The zero-order valence-electron chi connectivity index (χ0n) is 9.68. The van der Waals surface area contributed by atoms with E-state index in [1.807, 2.05) is 6.92 Å². The van der Waals surface area contributed by atoms with Crippen molar-refractivity contribution < 1.29 is 13.2 Å². The van der Waals surface area contributed by atoms with Gasteiger partial charge in [-0.15, -0.1) is 22.9 Å². The van der Waals surface area contributed by atoms with Crippen LogP contribution in [0.5, 0.6) is 0 Å². The highest BCUT2D eigenvalue weighted by Crippen LogP contribution is 2.31.